The normalized spacial score (nSPS) is 16.3. The number of carbonyl (C=O) groups is 1. The molecule has 1 atom stereocenters. The molecule has 1 aromatic carbocycles. The second-order valence-electron chi connectivity index (χ2n) is 4.93. The van der Waals surface area contributed by atoms with Crippen molar-refractivity contribution in [2.24, 2.45) is 0 Å². The fourth-order valence-corrected chi connectivity index (χ4v) is 2.50. The maximum Gasteiger partial charge on any atom is 0.322 e. The predicted molar refractivity (Wildman–Crippen MR) is 77.7 cm³/mol. The van der Waals surface area contributed by atoms with Crippen LogP contribution in [-0.2, 0) is 0 Å². The summed E-state index contributed by atoms with van der Waals surface area (Å²) in [5.41, 5.74) is 1.23. The minimum Gasteiger partial charge on any atom is -0.315 e. The molecule has 0 bridgehead atoms. The van der Waals surface area contributed by atoms with E-state index in [1.807, 2.05) is 29.2 Å². The Bertz CT molecular complexity index is 428. The number of benzene rings is 1. The van der Waals surface area contributed by atoms with E-state index in [1.54, 1.807) is 6.20 Å². The molecule has 1 heterocycles. The number of rotatable bonds is 6. The van der Waals surface area contributed by atoms with E-state index in [0.717, 1.165) is 12.8 Å². The van der Waals surface area contributed by atoms with Crippen molar-refractivity contribution in [1.29, 1.82) is 0 Å². The van der Waals surface area contributed by atoms with Crippen LogP contribution in [0.5, 0.6) is 0 Å². The summed E-state index contributed by atoms with van der Waals surface area (Å²) in [5, 5.41) is 2.78. The summed E-state index contributed by atoms with van der Waals surface area (Å²) in [6.45, 7) is 2.89. The van der Waals surface area contributed by atoms with Gasteiger partial charge in [-0.3, -0.25) is 0 Å². The molecular weight excluding hydrogens is 236 g/mol. The Hall–Kier alpha value is -1.77. The van der Waals surface area contributed by atoms with E-state index in [4.69, 9.17) is 0 Å². The summed E-state index contributed by atoms with van der Waals surface area (Å²) in [4.78, 5) is 13.9. The number of nitrogens with one attached hydrogen (secondary N) is 1. The van der Waals surface area contributed by atoms with Gasteiger partial charge in [0.25, 0.3) is 0 Å². The van der Waals surface area contributed by atoms with E-state index in [0.29, 0.717) is 6.54 Å². The van der Waals surface area contributed by atoms with Crippen LogP contribution in [0, 0.1) is 0 Å². The smallest absolute Gasteiger partial charge is 0.315 e. The summed E-state index contributed by atoms with van der Waals surface area (Å²) in [5.74, 6) is 0. The number of carbonyl (C=O) groups excluding carboxylic acids is 1. The highest BCUT2D eigenvalue weighted by atomic mass is 16.2. The first kappa shape index (κ1) is 13.7. The van der Waals surface area contributed by atoms with Gasteiger partial charge in [-0.1, -0.05) is 56.5 Å². The van der Waals surface area contributed by atoms with Gasteiger partial charge < -0.3 is 10.2 Å². The van der Waals surface area contributed by atoms with E-state index in [1.165, 1.54) is 18.4 Å². The van der Waals surface area contributed by atoms with Crippen LogP contribution in [0.3, 0.4) is 0 Å². The Labute approximate surface area is 115 Å². The van der Waals surface area contributed by atoms with E-state index in [2.05, 4.69) is 24.4 Å². The molecule has 2 rings (SSSR count). The minimum absolute atomic E-state index is 0.00727. The standard InChI is InChI=1S/C16H22N2O/c1-2-3-5-11-15(14-9-6-4-7-10-14)18-13-8-12-17-16(18)19/h4,6-10,12,15H,2-3,5,11,13H2,1H3,(H,17,19). The molecule has 1 N–H and O–H groups in total. The lowest BCUT2D eigenvalue weighted by Gasteiger charge is -2.33. The van der Waals surface area contributed by atoms with E-state index < -0.39 is 0 Å². The highest BCUT2D eigenvalue weighted by molar-refractivity contribution is 5.77. The van der Waals surface area contributed by atoms with Gasteiger partial charge >= 0.3 is 6.03 Å². The van der Waals surface area contributed by atoms with Crippen LogP contribution in [0.15, 0.2) is 42.6 Å². The number of unbranched alkanes of at least 4 members (excludes halogenated alkanes) is 2. The van der Waals surface area contributed by atoms with Crippen molar-refractivity contribution in [2.45, 2.75) is 38.6 Å². The fraction of sp³-hybridized carbons (Fsp3) is 0.438. The molecule has 1 aliphatic rings. The van der Waals surface area contributed by atoms with Crippen LogP contribution < -0.4 is 5.32 Å². The van der Waals surface area contributed by atoms with Gasteiger partial charge in [-0.05, 0) is 18.1 Å². The quantitative estimate of drug-likeness (QED) is 0.772. The Kier molecular flexibility index (Phi) is 5.01. The lowest BCUT2D eigenvalue weighted by molar-refractivity contribution is 0.177. The van der Waals surface area contributed by atoms with Crippen LogP contribution in [0.2, 0.25) is 0 Å². The van der Waals surface area contributed by atoms with Gasteiger partial charge in [0.2, 0.25) is 0 Å². The Morgan fingerprint density at radius 1 is 1.26 bits per heavy atom. The topological polar surface area (TPSA) is 32.3 Å². The molecule has 2 amide bonds. The zero-order valence-electron chi connectivity index (χ0n) is 11.5. The van der Waals surface area contributed by atoms with Crippen molar-refractivity contribution in [2.75, 3.05) is 6.54 Å². The number of amides is 2. The first-order valence-corrected chi connectivity index (χ1v) is 7.10. The van der Waals surface area contributed by atoms with Crippen LogP contribution in [0.4, 0.5) is 4.79 Å². The molecule has 0 aromatic heterocycles. The minimum atomic E-state index is 0.00727. The number of nitrogens with zero attached hydrogens (tertiary/aromatic N) is 1. The maximum atomic E-state index is 12.0. The van der Waals surface area contributed by atoms with Crippen molar-refractivity contribution in [3.05, 3.63) is 48.2 Å². The number of hydrogen-bond donors (Lipinski definition) is 1. The summed E-state index contributed by atoms with van der Waals surface area (Å²) in [7, 11) is 0. The number of urea groups is 1. The van der Waals surface area contributed by atoms with Gasteiger partial charge in [0, 0.05) is 12.7 Å². The molecule has 0 saturated heterocycles. The summed E-state index contributed by atoms with van der Waals surface area (Å²) < 4.78 is 0. The highest BCUT2D eigenvalue weighted by Gasteiger charge is 2.24. The van der Waals surface area contributed by atoms with Gasteiger partial charge in [0.1, 0.15) is 0 Å². The molecular formula is C16H22N2O. The second kappa shape index (κ2) is 6.98. The Balaban J connectivity index is 2.14. The molecule has 102 valence electrons. The van der Waals surface area contributed by atoms with Crippen LogP contribution in [0.25, 0.3) is 0 Å². The van der Waals surface area contributed by atoms with Crippen molar-refractivity contribution in [3.63, 3.8) is 0 Å². The summed E-state index contributed by atoms with van der Waals surface area (Å²) >= 11 is 0. The first-order chi connectivity index (χ1) is 9.33. The van der Waals surface area contributed by atoms with Gasteiger partial charge in [-0.25, -0.2) is 4.79 Å². The van der Waals surface area contributed by atoms with Crippen molar-refractivity contribution in [1.82, 2.24) is 10.2 Å². The Morgan fingerprint density at radius 2 is 2.05 bits per heavy atom. The molecule has 19 heavy (non-hydrogen) atoms. The van der Waals surface area contributed by atoms with Crippen LogP contribution >= 0.6 is 0 Å². The van der Waals surface area contributed by atoms with Gasteiger partial charge in [0.15, 0.2) is 0 Å². The summed E-state index contributed by atoms with van der Waals surface area (Å²) in [6.07, 6.45) is 8.33. The fourth-order valence-electron chi connectivity index (χ4n) is 2.50. The zero-order chi connectivity index (χ0) is 13.5. The van der Waals surface area contributed by atoms with Gasteiger partial charge in [0.05, 0.1) is 6.04 Å². The van der Waals surface area contributed by atoms with E-state index in [9.17, 15) is 4.79 Å². The van der Waals surface area contributed by atoms with Crippen molar-refractivity contribution in [3.8, 4) is 0 Å². The molecule has 3 nitrogen and oxygen atoms in total. The monoisotopic (exact) mass is 258 g/mol. The van der Waals surface area contributed by atoms with Crippen LogP contribution in [-0.4, -0.2) is 17.5 Å². The Morgan fingerprint density at radius 3 is 2.74 bits per heavy atom. The second-order valence-corrected chi connectivity index (χ2v) is 4.93. The zero-order valence-corrected chi connectivity index (χ0v) is 11.5. The van der Waals surface area contributed by atoms with E-state index >= 15 is 0 Å². The van der Waals surface area contributed by atoms with E-state index in [-0.39, 0.29) is 12.1 Å². The third kappa shape index (κ3) is 3.60. The number of hydrogen-bond acceptors (Lipinski definition) is 1. The molecule has 1 unspecified atom stereocenters. The van der Waals surface area contributed by atoms with Gasteiger partial charge in [-0.15, -0.1) is 0 Å². The molecule has 1 aromatic rings. The van der Waals surface area contributed by atoms with Crippen LogP contribution in [0.1, 0.15) is 44.2 Å². The average molecular weight is 258 g/mol. The summed E-state index contributed by atoms with van der Waals surface area (Å²) in [6, 6.07) is 10.5. The third-order valence-corrected chi connectivity index (χ3v) is 3.53. The largest absolute Gasteiger partial charge is 0.322 e. The lowest BCUT2D eigenvalue weighted by Crippen LogP contribution is -2.43. The first-order valence-electron chi connectivity index (χ1n) is 7.10. The average Bonchev–Trinajstić information content (AvgIpc) is 2.46. The lowest BCUT2D eigenvalue weighted by atomic mass is 9.98. The molecule has 1 aliphatic heterocycles. The molecule has 0 fully saturated rings. The highest BCUT2D eigenvalue weighted by Crippen LogP contribution is 2.27. The SMILES string of the molecule is CCCCCC(c1ccccc1)N1CC=CNC1=O. The maximum absolute atomic E-state index is 12.0. The molecule has 3 heteroatoms. The van der Waals surface area contributed by atoms with Crippen molar-refractivity contribution >= 4 is 6.03 Å². The molecule has 0 aliphatic carbocycles. The molecule has 0 spiro atoms. The third-order valence-electron chi connectivity index (χ3n) is 3.53. The van der Waals surface area contributed by atoms with Crippen molar-refractivity contribution < 1.29 is 4.79 Å². The van der Waals surface area contributed by atoms with Gasteiger partial charge in [-0.2, -0.15) is 0 Å². The predicted octanol–water partition coefficient (Wildman–Crippen LogP) is 3.85. The molecule has 0 radical (unpaired) electrons. The molecule has 0 saturated carbocycles.